The van der Waals surface area contributed by atoms with Crippen molar-refractivity contribution in [1.82, 2.24) is 0 Å². The van der Waals surface area contributed by atoms with Crippen LogP contribution in [0.1, 0.15) is 13.8 Å². The Bertz CT molecular complexity index is 304. The summed E-state index contributed by atoms with van der Waals surface area (Å²) in [6, 6.07) is 8.01. The molecule has 88 valence electrons. The van der Waals surface area contributed by atoms with E-state index in [-0.39, 0.29) is 6.29 Å². The van der Waals surface area contributed by atoms with Gasteiger partial charge in [0.25, 0.3) is 0 Å². The summed E-state index contributed by atoms with van der Waals surface area (Å²) in [5.74, 6) is 0.885. The fourth-order valence-corrected chi connectivity index (χ4v) is 1.45. The van der Waals surface area contributed by atoms with Gasteiger partial charge in [-0.15, -0.1) is 0 Å². The van der Waals surface area contributed by atoms with Crippen LogP contribution >= 0.6 is 0 Å². The molecule has 1 aromatic carbocycles. The van der Waals surface area contributed by atoms with Crippen molar-refractivity contribution >= 4 is 12.7 Å². The molecule has 0 N–H and O–H groups in total. The number of hydrogen-bond acceptors (Lipinski definition) is 3. The summed E-state index contributed by atoms with van der Waals surface area (Å²) in [6.45, 7) is 5.21. The topological polar surface area (TPSA) is 27.7 Å². The Kier molecular flexibility index (Phi) is 5.97. The fraction of sp³-hybridized carbons (Fsp3) is 0.500. The molecule has 4 heteroatoms. The van der Waals surface area contributed by atoms with Crippen molar-refractivity contribution in [1.29, 1.82) is 0 Å². The molecule has 0 aromatic heterocycles. The Balaban J connectivity index is 2.31. The van der Waals surface area contributed by atoms with Crippen LogP contribution in [0.25, 0.3) is 0 Å². The first kappa shape index (κ1) is 13.1. The molecule has 16 heavy (non-hydrogen) atoms. The molecule has 1 aromatic rings. The molecule has 0 spiro atoms. The first-order valence-electron chi connectivity index (χ1n) is 5.62. The molecule has 0 fully saturated rings. The normalized spacial score (nSPS) is 12.2. The van der Waals surface area contributed by atoms with Crippen LogP contribution in [0.2, 0.25) is 0 Å². The minimum absolute atomic E-state index is 0.129. The van der Waals surface area contributed by atoms with Gasteiger partial charge in [-0.1, -0.05) is 17.6 Å². The third-order valence-electron chi connectivity index (χ3n) is 2.28. The van der Waals surface area contributed by atoms with Crippen molar-refractivity contribution in [2.75, 3.05) is 20.2 Å². The second-order valence-corrected chi connectivity index (χ2v) is 3.50. The molecule has 0 saturated carbocycles. The van der Waals surface area contributed by atoms with Crippen LogP contribution in [-0.2, 0) is 9.47 Å². The summed E-state index contributed by atoms with van der Waals surface area (Å²) >= 11 is 0. The highest BCUT2D eigenvalue weighted by Crippen LogP contribution is 2.05. The predicted octanol–water partition coefficient (Wildman–Crippen LogP) is 1.11. The van der Waals surface area contributed by atoms with Gasteiger partial charge < -0.3 is 14.2 Å². The smallest absolute Gasteiger partial charge is 0.189 e. The highest BCUT2D eigenvalue weighted by atomic mass is 16.7. The van der Waals surface area contributed by atoms with E-state index in [1.54, 1.807) is 7.11 Å². The van der Waals surface area contributed by atoms with Crippen molar-refractivity contribution in [2.24, 2.45) is 0 Å². The van der Waals surface area contributed by atoms with Gasteiger partial charge in [0.1, 0.15) is 5.75 Å². The van der Waals surface area contributed by atoms with Gasteiger partial charge in [0.05, 0.1) is 7.11 Å². The molecule has 1 rings (SSSR count). The lowest BCUT2D eigenvalue weighted by atomic mass is 9.71. The molecule has 0 heterocycles. The van der Waals surface area contributed by atoms with Gasteiger partial charge >= 0.3 is 0 Å². The van der Waals surface area contributed by atoms with Crippen molar-refractivity contribution in [2.45, 2.75) is 20.1 Å². The minimum Gasteiger partial charge on any atom is -0.497 e. The SMILES string of the molecule is CCOC(C)OCBc1cccc(OC)c1. The lowest BCUT2D eigenvalue weighted by molar-refractivity contribution is -0.113. The van der Waals surface area contributed by atoms with Crippen LogP contribution in [0.4, 0.5) is 0 Å². The fourth-order valence-electron chi connectivity index (χ4n) is 1.45. The number of benzene rings is 1. The van der Waals surface area contributed by atoms with Gasteiger partial charge in [-0.25, -0.2) is 0 Å². The Labute approximate surface area is 97.9 Å². The molecule has 0 saturated heterocycles. The Morgan fingerprint density at radius 1 is 1.31 bits per heavy atom. The number of hydrogen-bond donors (Lipinski definition) is 0. The summed E-state index contributed by atoms with van der Waals surface area (Å²) in [5, 5.41) is 0. The lowest BCUT2D eigenvalue weighted by Gasteiger charge is -2.12. The average Bonchev–Trinajstić information content (AvgIpc) is 2.30. The Morgan fingerprint density at radius 3 is 2.81 bits per heavy atom. The first-order chi connectivity index (χ1) is 7.76. The van der Waals surface area contributed by atoms with Gasteiger partial charge in [-0.3, -0.25) is 0 Å². The van der Waals surface area contributed by atoms with E-state index in [2.05, 4.69) is 6.07 Å². The largest absolute Gasteiger partial charge is 0.497 e. The average molecular weight is 222 g/mol. The van der Waals surface area contributed by atoms with Crippen LogP contribution in [0.3, 0.4) is 0 Å². The molecule has 0 amide bonds. The molecule has 0 radical (unpaired) electrons. The van der Waals surface area contributed by atoms with Gasteiger partial charge in [0.15, 0.2) is 13.6 Å². The van der Waals surface area contributed by atoms with E-state index >= 15 is 0 Å². The molecule has 1 atom stereocenters. The molecule has 0 aliphatic rings. The van der Waals surface area contributed by atoms with E-state index in [0.29, 0.717) is 13.1 Å². The van der Waals surface area contributed by atoms with Gasteiger partial charge in [-0.05, 0) is 26.0 Å². The second-order valence-electron chi connectivity index (χ2n) is 3.50. The molecule has 0 aliphatic heterocycles. The maximum atomic E-state index is 5.50. The lowest BCUT2D eigenvalue weighted by Crippen LogP contribution is -2.23. The number of ether oxygens (including phenoxy) is 3. The van der Waals surface area contributed by atoms with Gasteiger partial charge in [0.2, 0.25) is 0 Å². The number of methoxy groups -OCH3 is 1. The van der Waals surface area contributed by atoms with E-state index in [1.807, 2.05) is 32.0 Å². The summed E-state index contributed by atoms with van der Waals surface area (Å²) in [7, 11) is 2.54. The van der Waals surface area contributed by atoms with Crippen LogP contribution in [0.5, 0.6) is 5.75 Å². The van der Waals surface area contributed by atoms with Crippen molar-refractivity contribution in [3.8, 4) is 5.75 Å². The summed E-state index contributed by atoms with van der Waals surface area (Å²) in [4.78, 5) is 0. The van der Waals surface area contributed by atoms with Crippen LogP contribution in [0, 0.1) is 0 Å². The standard InChI is InChI=1S/C12H19BO3/c1-4-15-10(2)16-9-13-11-6-5-7-12(8-11)14-3/h5-8,10,13H,4,9H2,1-3H3. The zero-order valence-corrected chi connectivity index (χ0v) is 10.2. The maximum absolute atomic E-state index is 5.50. The van der Waals surface area contributed by atoms with Crippen LogP contribution in [-0.4, -0.2) is 33.8 Å². The van der Waals surface area contributed by atoms with Crippen LogP contribution < -0.4 is 10.2 Å². The molecule has 0 bridgehead atoms. The van der Waals surface area contributed by atoms with Gasteiger partial charge in [0, 0.05) is 13.1 Å². The zero-order chi connectivity index (χ0) is 11.8. The number of rotatable bonds is 7. The van der Waals surface area contributed by atoms with Crippen molar-refractivity contribution in [3.63, 3.8) is 0 Å². The monoisotopic (exact) mass is 222 g/mol. The molecule has 0 aliphatic carbocycles. The Morgan fingerprint density at radius 2 is 2.12 bits per heavy atom. The van der Waals surface area contributed by atoms with E-state index in [4.69, 9.17) is 14.2 Å². The predicted molar refractivity (Wildman–Crippen MR) is 66.8 cm³/mol. The van der Waals surface area contributed by atoms with E-state index < -0.39 is 0 Å². The summed E-state index contributed by atoms with van der Waals surface area (Å²) in [6.07, 6.45) is -0.129. The van der Waals surface area contributed by atoms with E-state index in [0.717, 1.165) is 13.0 Å². The second kappa shape index (κ2) is 7.31. The highest BCUT2D eigenvalue weighted by molar-refractivity contribution is 6.53. The van der Waals surface area contributed by atoms with Crippen molar-refractivity contribution < 1.29 is 14.2 Å². The highest BCUT2D eigenvalue weighted by Gasteiger charge is 2.02. The quantitative estimate of drug-likeness (QED) is 0.511. The third-order valence-corrected chi connectivity index (χ3v) is 2.28. The van der Waals surface area contributed by atoms with E-state index in [1.165, 1.54) is 5.46 Å². The van der Waals surface area contributed by atoms with E-state index in [9.17, 15) is 0 Å². The zero-order valence-electron chi connectivity index (χ0n) is 10.2. The first-order valence-corrected chi connectivity index (χ1v) is 5.62. The molecular weight excluding hydrogens is 203 g/mol. The van der Waals surface area contributed by atoms with Crippen LogP contribution in [0.15, 0.2) is 24.3 Å². The van der Waals surface area contributed by atoms with Gasteiger partial charge in [-0.2, -0.15) is 0 Å². The van der Waals surface area contributed by atoms with Crippen molar-refractivity contribution in [3.05, 3.63) is 24.3 Å². The Hall–Kier alpha value is -0.995. The molecule has 3 nitrogen and oxygen atoms in total. The summed E-state index contributed by atoms with van der Waals surface area (Å²) < 4.78 is 15.9. The minimum atomic E-state index is -0.129. The molecular formula is C12H19BO3. The maximum Gasteiger partial charge on any atom is 0.189 e. The third kappa shape index (κ3) is 4.68. The summed E-state index contributed by atoms with van der Waals surface area (Å²) in [5.41, 5.74) is 1.21. The molecule has 1 unspecified atom stereocenters.